The van der Waals surface area contributed by atoms with Crippen molar-refractivity contribution in [3.63, 3.8) is 0 Å². The van der Waals surface area contributed by atoms with E-state index < -0.39 is 11.8 Å². The minimum atomic E-state index is -1.20. The van der Waals surface area contributed by atoms with Crippen molar-refractivity contribution in [2.24, 2.45) is 0 Å². The molecule has 5 heteroatoms. The molecule has 4 nitrogen and oxygen atoms in total. The maximum absolute atomic E-state index is 13.3. The highest BCUT2D eigenvalue weighted by Gasteiger charge is 2.21. The van der Waals surface area contributed by atoms with Crippen LogP contribution in [0.25, 0.3) is 0 Å². The van der Waals surface area contributed by atoms with Gasteiger partial charge in [0.1, 0.15) is 11.4 Å². The van der Waals surface area contributed by atoms with Crippen LogP contribution in [-0.4, -0.2) is 24.2 Å². The average molecular weight is 236 g/mol. The van der Waals surface area contributed by atoms with Gasteiger partial charge in [-0.25, -0.2) is 9.18 Å². The number of nitrogens with two attached hydrogens (primary N) is 1. The molecule has 0 unspecified atom stereocenters. The summed E-state index contributed by atoms with van der Waals surface area (Å²) in [6, 6.07) is 2.67. The van der Waals surface area contributed by atoms with E-state index in [0.717, 1.165) is 6.42 Å². The zero-order valence-electron chi connectivity index (χ0n) is 9.19. The van der Waals surface area contributed by atoms with Gasteiger partial charge < -0.3 is 15.7 Å². The van der Waals surface area contributed by atoms with Gasteiger partial charge in [-0.2, -0.15) is 0 Å². The van der Waals surface area contributed by atoms with Crippen LogP contribution in [0.2, 0.25) is 0 Å². The fraction of sp³-hybridized carbons (Fsp3) is 0.250. The van der Waals surface area contributed by atoms with E-state index in [1.54, 1.807) is 0 Å². The third kappa shape index (κ3) is 2.08. The summed E-state index contributed by atoms with van der Waals surface area (Å²) in [5.74, 6) is -1.90. The number of rotatable bonds is 2. The Morgan fingerprint density at radius 2 is 2.18 bits per heavy atom. The van der Waals surface area contributed by atoms with Crippen LogP contribution >= 0.6 is 0 Å². The summed E-state index contributed by atoms with van der Waals surface area (Å²) in [4.78, 5) is 13.0. The number of benzene rings is 1. The zero-order chi connectivity index (χ0) is 12.4. The molecule has 90 valence electrons. The monoisotopic (exact) mass is 236 g/mol. The number of carbonyl (C=O) groups is 1. The number of anilines is 2. The Morgan fingerprint density at radius 1 is 1.41 bits per heavy atom. The lowest BCUT2D eigenvalue weighted by Crippen LogP contribution is -2.29. The van der Waals surface area contributed by atoms with Crippen LogP contribution < -0.4 is 10.6 Å². The van der Waals surface area contributed by atoms with E-state index in [1.165, 1.54) is 12.1 Å². The lowest BCUT2D eigenvalue weighted by molar-refractivity contribution is 0.0698. The maximum atomic E-state index is 13.3. The van der Waals surface area contributed by atoms with Gasteiger partial charge in [-0.05, 0) is 18.6 Å². The Kier molecular flexibility index (Phi) is 2.99. The first kappa shape index (κ1) is 11.4. The molecule has 1 aromatic carbocycles. The fourth-order valence-corrected chi connectivity index (χ4v) is 1.93. The van der Waals surface area contributed by atoms with Crippen molar-refractivity contribution in [2.45, 2.75) is 6.42 Å². The summed E-state index contributed by atoms with van der Waals surface area (Å²) in [7, 11) is 0. The summed E-state index contributed by atoms with van der Waals surface area (Å²) in [6.45, 7) is 1.33. The van der Waals surface area contributed by atoms with E-state index in [-0.39, 0.29) is 11.3 Å². The number of hydrogen-bond donors (Lipinski definition) is 2. The summed E-state index contributed by atoms with van der Waals surface area (Å²) >= 11 is 0. The topological polar surface area (TPSA) is 66.6 Å². The number of halogens is 1. The summed E-state index contributed by atoms with van der Waals surface area (Å²) in [5.41, 5.74) is 5.51. The number of carboxylic acid groups (broad SMARTS) is 1. The van der Waals surface area contributed by atoms with Crippen molar-refractivity contribution in [1.29, 1.82) is 0 Å². The number of aromatic carboxylic acids is 1. The minimum absolute atomic E-state index is 0.152. The highest BCUT2D eigenvalue weighted by atomic mass is 19.1. The smallest absolute Gasteiger partial charge is 0.340 e. The Balaban J connectivity index is 2.49. The van der Waals surface area contributed by atoms with E-state index in [1.807, 2.05) is 17.1 Å². The first-order valence-corrected chi connectivity index (χ1v) is 5.32. The van der Waals surface area contributed by atoms with Crippen LogP contribution in [-0.2, 0) is 0 Å². The number of hydrogen-bond acceptors (Lipinski definition) is 3. The summed E-state index contributed by atoms with van der Waals surface area (Å²) in [5, 5.41) is 9.11. The van der Waals surface area contributed by atoms with Crippen LogP contribution in [0.3, 0.4) is 0 Å². The highest BCUT2D eigenvalue weighted by Crippen LogP contribution is 2.29. The van der Waals surface area contributed by atoms with Gasteiger partial charge in [-0.3, -0.25) is 0 Å². The third-order valence-corrected chi connectivity index (χ3v) is 2.78. The molecule has 0 aromatic heterocycles. The van der Waals surface area contributed by atoms with Crippen LogP contribution in [0, 0.1) is 5.82 Å². The van der Waals surface area contributed by atoms with Crippen molar-refractivity contribution in [1.82, 2.24) is 0 Å². The molecule has 1 heterocycles. The normalized spacial score (nSPS) is 15.0. The molecule has 0 spiro atoms. The second-order valence-electron chi connectivity index (χ2n) is 3.87. The largest absolute Gasteiger partial charge is 0.478 e. The Morgan fingerprint density at radius 3 is 2.76 bits per heavy atom. The molecule has 0 amide bonds. The standard InChI is InChI=1S/C12H13FN2O2/c13-8-4-5-9(10(11(8)14)12(16)17)15-6-2-1-3-7-15/h1-2,4-5H,3,6-7,14H2,(H,16,17). The Hall–Kier alpha value is -2.04. The molecule has 0 fully saturated rings. The second kappa shape index (κ2) is 4.45. The van der Waals surface area contributed by atoms with Crippen molar-refractivity contribution in [3.05, 3.63) is 35.7 Å². The highest BCUT2D eigenvalue weighted by molar-refractivity contribution is 6.00. The molecule has 17 heavy (non-hydrogen) atoms. The number of nitrogen functional groups attached to an aromatic ring is 1. The van der Waals surface area contributed by atoms with Gasteiger partial charge in [0.05, 0.1) is 11.4 Å². The molecule has 1 aliphatic heterocycles. The van der Waals surface area contributed by atoms with Crippen LogP contribution in [0.1, 0.15) is 16.8 Å². The quantitative estimate of drug-likeness (QED) is 0.607. The molecule has 1 aliphatic rings. The SMILES string of the molecule is Nc1c(F)ccc(N2CC=CCC2)c1C(=O)O. The third-order valence-electron chi connectivity index (χ3n) is 2.78. The first-order valence-electron chi connectivity index (χ1n) is 5.32. The van der Waals surface area contributed by atoms with Crippen LogP contribution in [0.4, 0.5) is 15.8 Å². The van der Waals surface area contributed by atoms with Gasteiger partial charge in [0.2, 0.25) is 0 Å². The number of nitrogens with zero attached hydrogens (tertiary/aromatic N) is 1. The summed E-state index contributed by atoms with van der Waals surface area (Å²) in [6.07, 6.45) is 4.83. The lowest BCUT2D eigenvalue weighted by atomic mass is 10.1. The predicted molar refractivity (Wildman–Crippen MR) is 63.7 cm³/mol. The van der Waals surface area contributed by atoms with Crippen LogP contribution in [0.15, 0.2) is 24.3 Å². The molecular formula is C12H13FN2O2. The molecule has 1 aromatic rings. The molecule has 2 rings (SSSR count). The van der Waals surface area contributed by atoms with Crippen molar-refractivity contribution in [3.8, 4) is 0 Å². The predicted octanol–water partition coefficient (Wildman–Crippen LogP) is 1.87. The summed E-state index contributed by atoms with van der Waals surface area (Å²) < 4.78 is 13.3. The van der Waals surface area contributed by atoms with Gasteiger partial charge in [0.15, 0.2) is 0 Å². The lowest BCUT2D eigenvalue weighted by Gasteiger charge is -2.27. The molecule has 3 N–H and O–H groups in total. The second-order valence-corrected chi connectivity index (χ2v) is 3.87. The maximum Gasteiger partial charge on any atom is 0.340 e. The van der Waals surface area contributed by atoms with E-state index in [0.29, 0.717) is 18.8 Å². The average Bonchev–Trinajstić information content (AvgIpc) is 2.33. The van der Waals surface area contributed by atoms with Gasteiger partial charge in [0.25, 0.3) is 0 Å². The van der Waals surface area contributed by atoms with E-state index in [4.69, 9.17) is 10.8 Å². The Bertz CT molecular complexity index is 486. The molecule has 0 radical (unpaired) electrons. The molecule has 0 bridgehead atoms. The fourth-order valence-electron chi connectivity index (χ4n) is 1.93. The van der Waals surface area contributed by atoms with Gasteiger partial charge >= 0.3 is 5.97 Å². The van der Waals surface area contributed by atoms with Gasteiger partial charge in [-0.1, -0.05) is 12.2 Å². The Labute approximate surface area is 98.1 Å². The zero-order valence-corrected chi connectivity index (χ0v) is 9.19. The van der Waals surface area contributed by atoms with Crippen molar-refractivity contribution in [2.75, 3.05) is 23.7 Å². The molecule has 0 saturated heterocycles. The molecule has 0 aliphatic carbocycles. The first-order chi connectivity index (χ1) is 8.11. The number of carboxylic acids is 1. The minimum Gasteiger partial charge on any atom is -0.478 e. The van der Waals surface area contributed by atoms with Crippen LogP contribution in [0.5, 0.6) is 0 Å². The van der Waals surface area contributed by atoms with Gasteiger partial charge in [-0.15, -0.1) is 0 Å². The molecule has 0 saturated carbocycles. The van der Waals surface area contributed by atoms with E-state index >= 15 is 0 Å². The molecule has 0 atom stereocenters. The van der Waals surface area contributed by atoms with Gasteiger partial charge in [0, 0.05) is 13.1 Å². The molecular weight excluding hydrogens is 223 g/mol. The van der Waals surface area contributed by atoms with Crippen molar-refractivity contribution < 1.29 is 14.3 Å². The van der Waals surface area contributed by atoms with Crippen molar-refractivity contribution >= 4 is 17.3 Å². The van der Waals surface area contributed by atoms with E-state index in [2.05, 4.69) is 0 Å². The van der Waals surface area contributed by atoms with E-state index in [9.17, 15) is 9.18 Å².